The summed E-state index contributed by atoms with van der Waals surface area (Å²) in [5.74, 6) is 0. The summed E-state index contributed by atoms with van der Waals surface area (Å²) >= 11 is 8.61. The number of fused-ring (bicyclic) bond motifs is 1. The molecule has 0 aliphatic carbocycles. The number of hydrogen-bond acceptors (Lipinski definition) is 0. The van der Waals surface area contributed by atoms with Crippen LogP contribution in [0.5, 0.6) is 0 Å². The lowest BCUT2D eigenvalue weighted by Crippen LogP contribution is -3.00. The van der Waals surface area contributed by atoms with E-state index in [4.69, 9.17) is 11.6 Å². The van der Waals surface area contributed by atoms with Crippen molar-refractivity contribution in [1.82, 2.24) is 0 Å². The smallest absolute Gasteiger partial charge is 0.213 e. The average Bonchev–Trinajstić information content (AvgIpc) is 2.44. The molecule has 0 saturated heterocycles. The number of nitrogens with zero attached hydrogens (tertiary/aromatic N) is 1. The van der Waals surface area contributed by atoms with Crippen molar-refractivity contribution in [2.45, 2.75) is 6.54 Å². The third kappa shape index (κ3) is 3.26. The highest BCUT2D eigenvalue weighted by Gasteiger charge is 2.12. The maximum atomic E-state index is 6.24. The van der Waals surface area contributed by atoms with Gasteiger partial charge in [-0.05, 0) is 34.7 Å². The zero-order chi connectivity index (χ0) is 13.2. The van der Waals surface area contributed by atoms with Gasteiger partial charge in [0.1, 0.15) is 0 Å². The van der Waals surface area contributed by atoms with Crippen LogP contribution in [-0.2, 0) is 6.54 Å². The molecule has 4 heteroatoms. The topological polar surface area (TPSA) is 3.88 Å². The molecule has 0 saturated carbocycles. The molecule has 2 aromatic carbocycles. The second-order valence-corrected chi connectivity index (χ2v) is 5.97. The highest BCUT2D eigenvalue weighted by molar-refractivity contribution is 14.1. The van der Waals surface area contributed by atoms with Crippen LogP contribution in [0.1, 0.15) is 5.56 Å². The van der Waals surface area contributed by atoms with Crippen LogP contribution in [0, 0.1) is 3.57 Å². The van der Waals surface area contributed by atoms with E-state index in [-0.39, 0.29) is 24.0 Å². The second-order valence-electron chi connectivity index (χ2n) is 4.40. The largest absolute Gasteiger partial charge is 1.00 e. The summed E-state index contributed by atoms with van der Waals surface area (Å²) in [4.78, 5) is 0. The van der Waals surface area contributed by atoms with Gasteiger partial charge in [-0.3, -0.25) is 0 Å². The monoisotopic (exact) mass is 507 g/mol. The number of para-hydroxylation sites is 1. The molecular weight excluding hydrogens is 495 g/mol. The van der Waals surface area contributed by atoms with E-state index in [0.717, 1.165) is 17.1 Å². The molecule has 0 bridgehead atoms. The van der Waals surface area contributed by atoms with Crippen molar-refractivity contribution in [3.63, 3.8) is 0 Å². The van der Waals surface area contributed by atoms with E-state index in [1.807, 2.05) is 18.2 Å². The van der Waals surface area contributed by atoms with Gasteiger partial charge in [0.15, 0.2) is 12.7 Å². The third-order valence-electron chi connectivity index (χ3n) is 3.17. The van der Waals surface area contributed by atoms with Gasteiger partial charge in [0, 0.05) is 21.3 Å². The number of aromatic nitrogens is 1. The van der Waals surface area contributed by atoms with Crippen LogP contribution in [0.15, 0.2) is 60.8 Å². The Morgan fingerprint density at radius 3 is 2.45 bits per heavy atom. The summed E-state index contributed by atoms with van der Waals surface area (Å²) in [6, 6.07) is 18.6. The lowest BCUT2D eigenvalue weighted by molar-refractivity contribution is -0.662. The summed E-state index contributed by atoms with van der Waals surface area (Å²) in [6.07, 6.45) is 2.12. The molecule has 0 aliphatic rings. The van der Waals surface area contributed by atoms with Crippen molar-refractivity contribution >= 4 is 45.1 Å². The molecule has 0 amide bonds. The zero-order valence-electron chi connectivity index (χ0n) is 10.6. The van der Waals surface area contributed by atoms with Gasteiger partial charge in [0.2, 0.25) is 5.52 Å². The van der Waals surface area contributed by atoms with Crippen LogP contribution >= 0.6 is 34.2 Å². The van der Waals surface area contributed by atoms with Crippen molar-refractivity contribution in [3.8, 4) is 0 Å². The van der Waals surface area contributed by atoms with Crippen molar-refractivity contribution in [2.24, 2.45) is 0 Å². The van der Waals surface area contributed by atoms with Crippen LogP contribution < -0.4 is 28.5 Å². The fraction of sp³-hybridized carbons (Fsp3) is 0.0625. The lowest BCUT2D eigenvalue weighted by atomic mass is 10.2. The van der Waals surface area contributed by atoms with Gasteiger partial charge in [0.25, 0.3) is 0 Å². The van der Waals surface area contributed by atoms with Gasteiger partial charge in [0.05, 0.1) is 10.4 Å². The molecule has 0 aliphatic heterocycles. The molecule has 0 unspecified atom stereocenters. The highest BCUT2D eigenvalue weighted by atomic mass is 127. The first-order valence-corrected chi connectivity index (χ1v) is 7.51. The number of benzene rings is 2. The van der Waals surface area contributed by atoms with Gasteiger partial charge in [-0.25, -0.2) is 0 Å². The number of pyridine rings is 1. The molecule has 20 heavy (non-hydrogen) atoms. The fourth-order valence-corrected chi connectivity index (χ4v) is 3.01. The average molecular weight is 508 g/mol. The molecule has 0 spiro atoms. The van der Waals surface area contributed by atoms with E-state index in [2.05, 4.69) is 69.8 Å². The molecule has 1 nitrogen and oxygen atoms in total. The second kappa shape index (κ2) is 7.04. The maximum Gasteiger partial charge on any atom is 0.213 e. The third-order valence-corrected chi connectivity index (χ3v) is 4.48. The Kier molecular flexibility index (Phi) is 5.63. The summed E-state index contributed by atoms with van der Waals surface area (Å²) in [7, 11) is 0. The maximum absolute atomic E-state index is 6.24. The van der Waals surface area contributed by atoms with Gasteiger partial charge < -0.3 is 24.0 Å². The lowest BCUT2D eigenvalue weighted by Gasteiger charge is -2.04. The molecule has 0 N–H and O–H groups in total. The first kappa shape index (κ1) is 16.0. The molecule has 3 aromatic rings. The van der Waals surface area contributed by atoms with Crippen molar-refractivity contribution in [3.05, 3.63) is 75.0 Å². The van der Waals surface area contributed by atoms with E-state index < -0.39 is 0 Å². The van der Waals surface area contributed by atoms with E-state index in [1.54, 1.807) is 0 Å². The van der Waals surface area contributed by atoms with E-state index in [1.165, 1.54) is 14.5 Å². The Labute approximate surface area is 154 Å². The van der Waals surface area contributed by atoms with Gasteiger partial charge >= 0.3 is 0 Å². The normalized spacial score (nSPS) is 10.3. The first-order valence-electron chi connectivity index (χ1n) is 6.06. The Balaban J connectivity index is 0.00000147. The molecular formula is C16H12ClI2N. The SMILES string of the molecule is Clc1ccccc1C[n+]1ccc(I)c2ccccc21.[I-]. The van der Waals surface area contributed by atoms with Gasteiger partial charge in [-0.15, -0.1) is 0 Å². The highest BCUT2D eigenvalue weighted by Crippen LogP contribution is 2.19. The van der Waals surface area contributed by atoms with Gasteiger partial charge in [-0.1, -0.05) is 41.9 Å². The Hall–Kier alpha value is -0.400. The first-order chi connectivity index (χ1) is 9.25. The van der Waals surface area contributed by atoms with E-state index in [9.17, 15) is 0 Å². The van der Waals surface area contributed by atoms with Crippen LogP contribution in [0.3, 0.4) is 0 Å². The number of hydrogen-bond donors (Lipinski definition) is 0. The minimum atomic E-state index is 0. The molecule has 1 aromatic heterocycles. The van der Waals surface area contributed by atoms with E-state index >= 15 is 0 Å². The van der Waals surface area contributed by atoms with Gasteiger partial charge in [-0.2, -0.15) is 4.57 Å². The predicted molar refractivity (Wildman–Crippen MR) is 87.4 cm³/mol. The summed E-state index contributed by atoms with van der Waals surface area (Å²) in [5, 5.41) is 2.09. The standard InChI is InChI=1S/C16H12ClIN.HI/c17-14-7-3-1-5-12(14)11-19-10-9-15(18)13-6-2-4-8-16(13)19;/h1-10H,11H2;1H/q+1;/p-1. The molecule has 0 atom stereocenters. The Morgan fingerprint density at radius 2 is 1.65 bits per heavy atom. The molecule has 0 fully saturated rings. The number of rotatable bonds is 2. The fourth-order valence-electron chi connectivity index (χ4n) is 2.20. The quantitative estimate of drug-likeness (QED) is 0.365. The van der Waals surface area contributed by atoms with Crippen LogP contribution in [0.2, 0.25) is 5.02 Å². The summed E-state index contributed by atoms with van der Waals surface area (Å²) in [5.41, 5.74) is 2.37. The summed E-state index contributed by atoms with van der Waals surface area (Å²) < 4.78 is 3.50. The van der Waals surface area contributed by atoms with Crippen molar-refractivity contribution in [2.75, 3.05) is 0 Å². The molecule has 1 heterocycles. The van der Waals surface area contributed by atoms with E-state index in [0.29, 0.717) is 0 Å². The summed E-state index contributed by atoms with van der Waals surface area (Å²) in [6.45, 7) is 0.789. The van der Waals surface area contributed by atoms with Crippen LogP contribution in [-0.4, -0.2) is 0 Å². The molecule has 0 radical (unpaired) electrons. The van der Waals surface area contributed by atoms with Crippen LogP contribution in [0.25, 0.3) is 10.9 Å². The van der Waals surface area contributed by atoms with Crippen LogP contribution in [0.4, 0.5) is 0 Å². The Bertz CT molecular complexity index is 743. The minimum Gasteiger partial charge on any atom is -1.00 e. The zero-order valence-corrected chi connectivity index (χ0v) is 15.6. The molecule has 3 rings (SSSR count). The number of halogens is 3. The van der Waals surface area contributed by atoms with Crippen molar-refractivity contribution in [1.29, 1.82) is 0 Å². The Morgan fingerprint density at radius 1 is 0.950 bits per heavy atom. The molecule has 102 valence electrons. The minimum absolute atomic E-state index is 0. The predicted octanol–water partition coefficient (Wildman–Crippen LogP) is 1.44. The van der Waals surface area contributed by atoms with Crippen molar-refractivity contribution < 1.29 is 28.5 Å².